The molecule has 8 nitrogen and oxygen atoms in total. The van der Waals surface area contributed by atoms with E-state index >= 15 is 0 Å². The number of nitrogens with one attached hydrogen (secondary N) is 2. The number of benzene rings is 1. The standard InChI is InChI=1S/C17H27N3O5/c1-10(2)16(18)17(22)20-9-15(21)19-8-12-13(24-4)6-11(23-3)7-14(12)25-5/h6-7,10,16H,8-9,18H2,1-5H3,(H,19,21)(H,20,22)/t16-/m0/s1. The average Bonchev–Trinajstić information content (AvgIpc) is 2.62. The Kier molecular flexibility index (Phi) is 8.00. The molecule has 1 rings (SSSR count). The molecule has 0 heterocycles. The van der Waals surface area contributed by atoms with Gasteiger partial charge >= 0.3 is 0 Å². The molecule has 0 saturated carbocycles. The van der Waals surface area contributed by atoms with Crippen LogP contribution in [0.3, 0.4) is 0 Å². The van der Waals surface area contributed by atoms with Gasteiger partial charge in [-0.25, -0.2) is 0 Å². The molecule has 1 aromatic rings. The van der Waals surface area contributed by atoms with Gasteiger partial charge in [0.2, 0.25) is 11.8 Å². The predicted molar refractivity (Wildman–Crippen MR) is 93.8 cm³/mol. The van der Waals surface area contributed by atoms with E-state index in [0.717, 1.165) is 0 Å². The summed E-state index contributed by atoms with van der Waals surface area (Å²) in [5, 5.41) is 5.23. The fourth-order valence-electron chi connectivity index (χ4n) is 2.09. The van der Waals surface area contributed by atoms with Crippen molar-refractivity contribution in [1.82, 2.24) is 10.6 Å². The molecule has 0 unspecified atom stereocenters. The lowest BCUT2D eigenvalue weighted by Gasteiger charge is -2.17. The number of ether oxygens (including phenoxy) is 3. The van der Waals surface area contributed by atoms with Crippen molar-refractivity contribution < 1.29 is 23.8 Å². The van der Waals surface area contributed by atoms with Crippen LogP contribution in [0.25, 0.3) is 0 Å². The van der Waals surface area contributed by atoms with Crippen LogP contribution in [-0.2, 0) is 16.1 Å². The van der Waals surface area contributed by atoms with Gasteiger partial charge in [-0.3, -0.25) is 9.59 Å². The summed E-state index contributed by atoms with van der Waals surface area (Å²) in [6, 6.07) is 2.76. The van der Waals surface area contributed by atoms with E-state index in [0.29, 0.717) is 22.8 Å². The molecule has 0 aliphatic rings. The van der Waals surface area contributed by atoms with E-state index in [1.165, 1.54) is 14.2 Å². The molecular formula is C17H27N3O5. The first-order valence-corrected chi connectivity index (χ1v) is 7.92. The van der Waals surface area contributed by atoms with E-state index in [-0.39, 0.29) is 30.8 Å². The van der Waals surface area contributed by atoms with Gasteiger partial charge in [0.05, 0.1) is 46.0 Å². The summed E-state index contributed by atoms with van der Waals surface area (Å²) in [4.78, 5) is 23.7. The number of hydrogen-bond acceptors (Lipinski definition) is 6. The normalized spacial score (nSPS) is 11.6. The van der Waals surface area contributed by atoms with E-state index < -0.39 is 6.04 Å². The zero-order chi connectivity index (χ0) is 19.0. The van der Waals surface area contributed by atoms with Crippen LogP contribution in [0.15, 0.2) is 12.1 Å². The number of amides is 2. The molecule has 2 amide bonds. The topological polar surface area (TPSA) is 112 Å². The number of nitrogens with two attached hydrogens (primary N) is 1. The third-order valence-electron chi connectivity index (χ3n) is 3.72. The van der Waals surface area contributed by atoms with Crippen molar-refractivity contribution in [2.24, 2.45) is 11.7 Å². The van der Waals surface area contributed by atoms with Gasteiger partial charge in [-0.05, 0) is 5.92 Å². The Morgan fingerprint density at radius 3 is 2.04 bits per heavy atom. The van der Waals surface area contributed by atoms with Crippen LogP contribution in [0.1, 0.15) is 19.4 Å². The summed E-state index contributed by atoms with van der Waals surface area (Å²) >= 11 is 0. The number of rotatable bonds is 9. The largest absolute Gasteiger partial charge is 0.496 e. The Labute approximate surface area is 148 Å². The van der Waals surface area contributed by atoms with Crippen LogP contribution >= 0.6 is 0 Å². The molecule has 0 aliphatic carbocycles. The first-order chi connectivity index (χ1) is 11.8. The summed E-state index contributed by atoms with van der Waals surface area (Å²) in [7, 11) is 4.58. The number of hydrogen-bond donors (Lipinski definition) is 3. The lowest BCUT2D eigenvalue weighted by atomic mass is 10.1. The fourth-order valence-corrected chi connectivity index (χ4v) is 2.09. The Balaban J connectivity index is 2.68. The van der Waals surface area contributed by atoms with Crippen molar-refractivity contribution in [2.75, 3.05) is 27.9 Å². The van der Waals surface area contributed by atoms with Crippen molar-refractivity contribution in [1.29, 1.82) is 0 Å². The zero-order valence-electron chi connectivity index (χ0n) is 15.3. The van der Waals surface area contributed by atoms with Gasteiger partial charge in [0.25, 0.3) is 0 Å². The van der Waals surface area contributed by atoms with Crippen molar-refractivity contribution in [3.05, 3.63) is 17.7 Å². The third-order valence-corrected chi connectivity index (χ3v) is 3.72. The van der Waals surface area contributed by atoms with Gasteiger partial charge in [0.15, 0.2) is 0 Å². The van der Waals surface area contributed by atoms with Crippen LogP contribution in [-0.4, -0.2) is 45.7 Å². The van der Waals surface area contributed by atoms with Crippen molar-refractivity contribution in [3.63, 3.8) is 0 Å². The summed E-state index contributed by atoms with van der Waals surface area (Å²) in [6.45, 7) is 3.71. The highest BCUT2D eigenvalue weighted by Gasteiger charge is 2.18. The Bertz CT molecular complexity index is 579. The Morgan fingerprint density at radius 1 is 1.04 bits per heavy atom. The minimum absolute atomic E-state index is 0.00381. The molecule has 25 heavy (non-hydrogen) atoms. The minimum Gasteiger partial charge on any atom is -0.496 e. The maximum atomic E-state index is 12.0. The molecule has 8 heteroatoms. The highest BCUT2D eigenvalue weighted by Crippen LogP contribution is 2.33. The monoisotopic (exact) mass is 353 g/mol. The van der Waals surface area contributed by atoms with Crippen molar-refractivity contribution in [2.45, 2.75) is 26.4 Å². The molecule has 140 valence electrons. The summed E-state index contributed by atoms with van der Waals surface area (Å²) in [5.74, 6) is 0.938. The molecule has 1 atom stereocenters. The molecule has 0 bridgehead atoms. The molecule has 0 fully saturated rings. The predicted octanol–water partition coefficient (Wildman–Crippen LogP) is 0.428. The molecule has 1 aromatic carbocycles. The molecule has 0 aromatic heterocycles. The average molecular weight is 353 g/mol. The van der Waals surface area contributed by atoms with E-state index in [4.69, 9.17) is 19.9 Å². The van der Waals surface area contributed by atoms with Crippen LogP contribution in [0.2, 0.25) is 0 Å². The Hall–Kier alpha value is -2.48. The van der Waals surface area contributed by atoms with Gasteiger partial charge < -0.3 is 30.6 Å². The number of carbonyl (C=O) groups is 2. The number of methoxy groups -OCH3 is 3. The molecule has 0 aliphatic heterocycles. The molecular weight excluding hydrogens is 326 g/mol. The highest BCUT2D eigenvalue weighted by atomic mass is 16.5. The van der Waals surface area contributed by atoms with E-state index in [1.807, 2.05) is 13.8 Å². The highest BCUT2D eigenvalue weighted by molar-refractivity contribution is 5.87. The number of carbonyl (C=O) groups excluding carboxylic acids is 2. The summed E-state index contributed by atoms with van der Waals surface area (Å²) in [5.41, 5.74) is 6.40. The second kappa shape index (κ2) is 9.73. The maximum absolute atomic E-state index is 12.0. The zero-order valence-corrected chi connectivity index (χ0v) is 15.3. The fraction of sp³-hybridized carbons (Fsp3) is 0.529. The molecule has 0 radical (unpaired) electrons. The summed E-state index contributed by atoms with van der Waals surface area (Å²) < 4.78 is 15.8. The van der Waals surface area contributed by atoms with Crippen LogP contribution in [0.5, 0.6) is 17.2 Å². The lowest BCUT2D eigenvalue weighted by molar-refractivity contribution is -0.127. The first kappa shape index (κ1) is 20.6. The minimum atomic E-state index is -0.644. The van der Waals surface area contributed by atoms with Gasteiger partial charge in [-0.1, -0.05) is 13.8 Å². The molecule has 0 spiro atoms. The SMILES string of the molecule is COc1cc(OC)c(CNC(=O)CNC(=O)[C@@H](N)C(C)C)c(OC)c1. The van der Waals surface area contributed by atoms with Gasteiger partial charge in [-0.15, -0.1) is 0 Å². The summed E-state index contributed by atoms with van der Waals surface area (Å²) in [6.07, 6.45) is 0. The first-order valence-electron chi connectivity index (χ1n) is 7.92. The Morgan fingerprint density at radius 2 is 1.60 bits per heavy atom. The smallest absolute Gasteiger partial charge is 0.239 e. The van der Waals surface area contributed by atoms with Crippen molar-refractivity contribution >= 4 is 11.8 Å². The van der Waals surface area contributed by atoms with Crippen LogP contribution in [0.4, 0.5) is 0 Å². The van der Waals surface area contributed by atoms with Gasteiger partial charge in [-0.2, -0.15) is 0 Å². The quantitative estimate of drug-likeness (QED) is 0.593. The molecule has 4 N–H and O–H groups in total. The third kappa shape index (κ3) is 5.82. The second-order valence-corrected chi connectivity index (χ2v) is 5.77. The molecule has 0 saturated heterocycles. The van der Waals surface area contributed by atoms with Gasteiger partial charge in [0, 0.05) is 12.1 Å². The van der Waals surface area contributed by atoms with Crippen LogP contribution < -0.4 is 30.6 Å². The van der Waals surface area contributed by atoms with E-state index in [2.05, 4.69) is 10.6 Å². The van der Waals surface area contributed by atoms with Gasteiger partial charge in [0.1, 0.15) is 17.2 Å². The van der Waals surface area contributed by atoms with Crippen LogP contribution in [0, 0.1) is 5.92 Å². The lowest BCUT2D eigenvalue weighted by Crippen LogP contribution is -2.47. The van der Waals surface area contributed by atoms with E-state index in [1.54, 1.807) is 19.2 Å². The second-order valence-electron chi connectivity index (χ2n) is 5.77. The van der Waals surface area contributed by atoms with E-state index in [9.17, 15) is 9.59 Å². The maximum Gasteiger partial charge on any atom is 0.239 e. The van der Waals surface area contributed by atoms with Crippen molar-refractivity contribution in [3.8, 4) is 17.2 Å².